The number of amides is 2. The molecule has 0 saturated heterocycles. The summed E-state index contributed by atoms with van der Waals surface area (Å²) >= 11 is 7.42. The molecule has 0 unspecified atom stereocenters. The van der Waals surface area contributed by atoms with E-state index in [2.05, 4.69) is 27.4 Å². The van der Waals surface area contributed by atoms with E-state index >= 15 is 0 Å². The molecule has 1 aromatic heterocycles. The second-order valence-corrected chi connectivity index (χ2v) is 9.90. The summed E-state index contributed by atoms with van der Waals surface area (Å²) in [6.45, 7) is 12.1. The number of rotatable bonds is 10. The maximum absolute atomic E-state index is 12.9. The number of halogens is 1. The van der Waals surface area contributed by atoms with Crippen LogP contribution in [0.4, 0.5) is 5.69 Å². The van der Waals surface area contributed by atoms with Crippen molar-refractivity contribution in [2.45, 2.75) is 45.4 Å². The van der Waals surface area contributed by atoms with Crippen LogP contribution in [-0.4, -0.2) is 32.3 Å². The Morgan fingerprint density at radius 1 is 1.17 bits per heavy atom. The van der Waals surface area contributed by atoms with Gasteiger partial charge in [0.1, 0.15) is 0 Å². The van der Waals surface area contributed by atoms with Crippen LogP contribution in [0.1, 0.15) is 47.2 Å². The van der Waals surface area contributed by atoms with Crippen LogP contribution in [0.3, 0.4) is 0 Å². The molecule has 0 fully saturated rings. The van der Waals surface area contributed by atoms with Gasteiger partial charge in [-0.05, 0) is 49.6 Å². The maximum Gasteiger partial charge on any atom is 0.251 e. The van der Waals surface area contributed by atoms with Crippen molar-refractivity contribution in [1.82, 2.24) is 20.1 Å². The highest BCUT2D eigenvalue weighted by Gasteiger charge is 2.26. The van der Waals surface area contributed by atoms with Crippen LogP contribution < -0.4 is 10.6 Å². The molecule has 1 atom stereocenters. The summed E-state index contributed by atoms with van der Waals surface area (Å²) in [5.41, 5.74) is 3.09. The van der Waals surface area contributed by atoms with Crippen LogP contribution in [-0.2, 0) is 11.3 Å². The number of thioether (sulfide) groups is 1. The van der Waals surface area contributed by atoms with Crippen molar-refractivity contribution in [3.63, 3.8) is 0 Å². The van der Waals surface area contributed by atoms with E-state index < -0.39 is 0 Å². The van der Waals surface area contributed by atoms with Crippen LogP contribution in [0.2, 0.25) is 5.02 Å². The smallest absolute Gasteiger partial charge is 0.251 e. The first-order valence-corrected chi connectivity index (χ1v) is 12.7. The van der Waals surface area contributed by atoms with E-state index in [4.69, 9.17) is 11.6 Å². The summed E-state index contributed by atoms with van der Waals surface area (Å²) in [7, 11) is 0. The number of aryl methyl sites for hydroxylation is 1. The van der Waals surface area contributed by atoms with E-state index in [-0.39, 0.29) is 29.5 Å². The highest BCUT2D eigenvalue weighted by atomic mass is 35.5. The van der Waals surface area contributed by atoms with Crippen LogP contribution in [0.5, 0.6) is 0 Å². The molecule has 35 heavy (non-hydrogen) atoms. The first-order chi connectivity index (χ1) is 16.7. The molecule has 3 rings (SSSR count). The minimum atomic E-state index is -0.368. The number of nitrogens with one attached hydrogen (secondary N) is 2. The average Bonchev–Trinajstić information content (AvgIpc) is 3.21. The van der Waals surface area contributed by atoms with E-state index in [1.165, 1.54) is 11.8 Å². The fourth-order valence-electron chi connectivity index (χ4n) is 3.54. The Morgan fingerprint density at radius 3 is 2.60 bits per heavy atom. The third-order valence-corrected chi connectivity index (χ3v) is 6.82. The summed E-state index contributed by atoms with van der Waals surface area (Å²) in [6, 6.07) is 12.5. The van der Waals surface area contributed by atoms with Gasteiger partial charge in [0.05, 0.1) is 11.8 Å². The van der Waals surface area contributed by atoms with Crippen LogP contribution in [0, 0.1) is 19.8 Å². The second kappa shape index (κ2) is 12.0. The van der Waals surface area contributed by atoms with Gasteiger partial charge in [-0.15, -0.1) is 16.8 Å². The van der Waals surface area contributed by atoms with Gasteiger partial charge in [0, 0.05) is 22.8 Å². The molecule has 0 aliphatic heterocycles. The Bertz CT molecular complexity index is 1220. The normalized spacial score (nSPS) is 11.8. The average molecular weight is 512 g/mol. The summed E-state index contributed by atoms with van der Waals surface area (Å²) < 4.78 is 1.89. The van der Waals surface area contributed by atoms with Crippen LogP contribution >= 0.6 is 23.4 Å². The van der Waals surface area contributed by atoms with Crippen molar-refractivity contribution >= 4 is 40.9 Å². The van der Waals surface area contributed by atoms with Gasteiger partial charge in [-0.3, -0.25) is 9.59 Å². The van der Waals surface area contributed by atoms with Gasteiger partial charge in [-0.2, -0.15) is 0 Å². The zero-order valence-electron chi connectivity index (χ0n) is 20.3. The van der Waals surface area contributed by atoms with Crippen molar-refractivity contribution in [3.8, 4) is 0 Å². The molecule has 0 aliphatic rings. The van der Waals surface area contributed by atoms with E-state index in [0.29, 0.717) is 33.8 Å². The molecule has 0 bridgehead atoms. The number of carbonyl (C=O) groups excluding carboxylic acids is 2. The highest BCUT2D eigenvalue weighted by Crippen LogP contribution is 2.27. The number of allylic oxidation sites excluding steroid dienone is 1. The molecule has 0 radical (unpaired) electrons. The fourth-order valence-corrected chi connectivity index (χ4v) is 4.47. The molecular weight excluding hydrogens is 482 g/mol. The lowest BCUT2D eigenvalue weighted by Crippen LogP contribution is -2.34. The molecule has 2 amide bonds. The van der Waals surface area contributed by atoms with Gasteiger partial charge < -0.3 is 15.2 Å². The number of hydrogen-bond acceptors (Lipinski definition) is 5. The first kappa shape index (κ1) is 26.5. The molecule has 0 spiro atoms. The lowest BCUT2D eigenvalue weighted by molar-refractivity contribution is -0.113. The predicted molar refractivity (Wildman–Crippen MR) is 142 cm³/mol. The van der Waals surface area contributed by atoms with Gasteiger partial charge in [-0.1, -0.05) is 67.0 Å². The minimum Gasteiger partial charge on any atom is -0.342 e. The molecule has 1 heterocycles. The highest BCUT2D eigenvalue weighted by molar-refractivity contribution is 7.99. The summed E-state index contributed by atoms with van der Waals surface area (Å²) in [5, 5.41) is 15.9. The predicted octanol–water partition coefficient (Wildman–Crippen LogP) is 5.59. The molecule has 2 aromatic carbocycles. The van der Waals surface area contributed by atoms with Gasteiger partial charge in [0.2, 0.25) is 5.91 Å². The summed E-state index contributed by atoms with van der Waals surface area (Å²) in [4.78, 5) is 25.5. The van der Waals surface area contributed by atoms with Crippen molar-refractivity contribution in [2.24, 2.45) is 5.92 Å². The fraction of sp³-hybridized carbons (Fsp3) is 0.308. The van der Waals surface area contributed by atoms with Crippen LogP contribution in [0.15, 0.2) is 60.3 Å². The largest absolute Gasteiger partial charge is 0.342 e. The summed E-state index contributed by atoms with van der Waals surface area (Å²) in [6.07, 6.45) is 1.74. The molecule has 9 heteroatoms. The Hall–Kier alpha value is -3.10. The van der Waals surface area contributed by atoms with E-state index in [1.54, 1.807) is 24.3 Å². The number of carbonyl (C=O) groups is 2. The monoisotopic (exact) mass is 511 g/mol. The molecule has 2 N–H and O–H groups in total. The number of benzene rings is 2. The van der Waals surface area contributed by atoms with Gasteiger partial charge in [0.15, 0.2) is 11.0 Å². The zero-order chi connectivity index (χ0) is 25.5. The molecular formula is C26H30ClN5O2S. The molecule has 3 aromatic rings. The lowest BCUT2D eigenvalue weighted by Gasteiger charge is -2.22. The molecule has 0 aliphatic carbocycles. The Labute approximate surface area is 215 Å². The minimum absolute atomic E-state index is 0.0588. The molecule has 184 valence electrons. The van der Waals surface area contributed by atoms with Gasteiger partial charge in [0.25, 0.3) is 5.91 Å². The second-order valence-electron chi connectivity index (χ2n) is 8.55. The van der Waals surface area contributed by atoms with Crippen molar-refractivity contribution in [2.75, 3.05) is 11.1 Å². The zero-order valence-corrected chi connectivity index (χ0v) is 21.9. The van der Waals surface area contributed by atoms with Gasteiger partial charge in [-0.25, -0.2) is 0 Å². The first-order valence-electron chi connectivity index (χ1n) is 11.3. The number of anilines is 1. The van der Waals surface area contributed by atoms with Crippen molar-refractivity contribution < 1.29 is 9.59 Å². The Balaban J connectivity index is 1.76. The van der Waals surface area contributed by atoms with Crippen molar-refractivity contribution in [1.29, 1.82) is 0 Å². The van der Waals surface area contributed by atoms with E-state index in [1.807, 2.05) is 56.5 Å². The standard InChI is InChI=1S/C26H30ClN5O2S/c1-6-13-32-24(23(16(2)3)29-25(34)19-10-7-9-17(4)14-19)30-31-26(32)35-15-22(33)28-21-12-8-11-20(27)18(21)5/h6-12,14,16,23H,1,13,15H2,2-5H3,(H,28,33)(H,29,34)/t23-/m1/s1. The number of aromatic nitrogens is 3. The van der Waals surface area contributed by atoms with E-state index in [9.17, 15) is 9.59 Å². The third-order valence-electron chi connectivity index (χ3n) is 5.44. The van der Waals surface area contributed by atoms with E-state index in [0.717, 1.165) is 11.1 Å². The topological polar surface area (TPSA) is 88.9 Å². The number of nitrogens with zero attached hydrogens (tertiary/aromatic N) is 3. The summed E-state index contributed by atoms with van der Waals surface area (Å²) in [5.74, 6) is 0.468. The quantitative estimate of drug-likeness (QED) is 0.273. The molecule has 7 nitrogen and oxygen atoms in total. The Kier molecular flexibility index (Phi) is 9.12. The Morgan fingerprint density at radius 2 is 1.91 bits per heavy atom. The third kappa shape index (κ3) is 6.74. The van der Waals surface area contributed by atoms with Gasteiger partial charge >= 0.3 is 0 Å². The lowest BCUT2D eigenvalue weighted by atomic mass is 10.0. The maximum atomic E-state index is 12.9. The SMILES string of the molecule is C=CCn1c(SCC(=O)Nc2cccc(Cl)c2C)nnc1[C@H](NC(=O)c1cccc(C)c1)C(C)C. The van der Waals surface area contributed by atoms with Crippen LogP contribution in [0.25, 0.3) is 0 Å². The molecule has 0 saturated carbocycles. The number of hydrogen-bond donors (Lipinski definition) is 2. The van der Waals surface area contributed by atoms with Crippen molar-refractivity contribution in [3.05, 3.63) is 82.7 Å².